The molecular formula is C25H20ClN6O2+. The number of carbonyl (C=O) groups excluding carboxylic acids is 1. The molecule has 1 aromatic carbocycles. The van der Waals surface area contributed by atoms with Crippen molar-refractivity contribution in [1.82, 2.24) is 19.7 Å². The molecule has 168 valence electrons. The first-order valence-corrected chi connectivity index (χ1v) is 10.9. The molecule has 0 saturated carbocycles. The lowest BCUT2D eigenvalue weighted by Gasteiger charge is -2.13. The van der Waals surface area contributed by atoms with Crippen molar-refractivity contribution >= 4 is 40.0 Å². The van der Waals surface area contributed by atoms with E-state index in [1.165, 1.54) is 10.5 Å². The first kappa shape index (κ1) is 21.5. The number of fused-ring (bicyclic) bond motifs is 2. The minimum Gasteiger partial charge on any atom is -0.348 e. The second kappa shape index (κ2) is 8.92. The van der Waals surface area contributed by atoms with Crippen LogP contribution in [0.4, 0.5) is 5.82 Å². The summed E-state index contributed by atoms with van der Waals surface area (Å²) in [5.74, 6) is -0.225. The molecule has 0 aliphatic carbocycles. The number of nitrogens with zero attached hydrogens (tertiary/aromatic N) is 4. The van der Waals surface area contributed by atoms with Crippen LogP contribution >= 0.6 is 11.6 Å². The minimum atomic E-state index is -0.409. The molecule has 0 aliphatic heterocycles. The largest absolute Gasteiger partial charge is 0.348 e. The smallest absolute Gasteiger partial charge is 0.278 e. The Kier molecular flexibility index (Phi) is 5.65. The van der Waals surface area contributed by atoms with Crippen LogP contribution in [-0.4, -0.2) is 20.3 Å². The van der Waals surface area contributed by atoms with Crippen molar-refractivity contribution in [2.45, 2.75) is 13.1 Å². The molecule has 3 N–H and O–H groups in total. The van der Waals surface area contributed by atoms with Gasteiger partial charge in [0, 0.05) is 35.7 Å². The maximum absolute atomic E-state index is 13.3. The fourth-order valence-electron chi connectivity index (χ4n) is 3.82. The van der Waals surface area contributed by atoms with E-state index in [4.69, 9.17) is 17.3 Å². The second-order valence-electron chi connectivity index (χ2n) is 7.75. The minimum absolute atomic E-state index is 0.179. The van der Waals surface area contributed by atoms with Crippen molar-refractivity contribution < 1.29 is 9.36 Å². The van der Waals surface area contributed by atoms with Gasteiger partial charge in [-0.25, -0.2) is 4.57 Å². The number of aromatic nitrogens is 4. The normalized spacial score (nSPS) is 11.1. The standard InChI is InChI=1S/C25H19ClN6O2/c26-20-8-2-1-7-17(20)15-32-22(27)18(24(33)29-14-16-6-5-10-28-13-16)12-19-23(32)30-21-9-3-4-11-31(21)25(19)34/h1-13,27H,14-15H2,(H,29,33)/p+1. The molecule has 0 atom stereocenters. The Bertz CT molecular complexity index is 1600. The molecule has 9 heteroatoms. The Hall–Kier alpha value is -4.30. The topological polar surface area (TPSA) is 106 Å². The van der Waals surface area contributed by atoms with Crippen LogP contribution < -0.4 is 21.2 Å². The van der Waals surface area contributed by atoms with Gasteiger partial charge in [0.1, 0.15) is 10.9 Å². The molecule has 1 amide bonds. The number of halogens is 1. The summed E-state index contributed by atoms with van der Waals surface area (Å²) in [4.78, 5) is 35.2. The van der Waals surface area contributed by atoms with Gasteiger partial charge in [0.2, 0.25) is 11.5 Å². The summed E-state index contributed by atoms with van der Waals surface area (Å²) < 4.78 is 3.10. The summed E-state index contributed by atoms with van der Waals surface area (Å²) in [7, 11) is 0. The molecule has 5 rings (SSSR count). The zero-order chi connectivity index (χ0) is 23.7. The lowest BCUT2D eigenvalue weighted by molar-refractivity contribution is -0.649. The first-order valence-electron chi connectivity index (χ1n) is 10.6. The Morgan fingerprint density at radius 2 is 1.94 bits per heavy atom. The molecule has 0 saturated heterocycles. The van der Waals surface area contributed by atoms with E-state index in [2.05, 4.69) is 15.3 Å². The number of anilines is 1. The summed E-state index contributed by atoms with van der Waals surface area (Å²) in [5.41, 5.74) is 8.86. The van der Waals surface area contributed by atoms with Crippen molar-refractivity contribution in [2.75, 3.05) is 5.73 Å². The van der Waals surface area contributed by atoms with Crippen LogP contribution in [-0.2, 0) is 13.1 Å². The molecule has 4 aromatic heterocycles. The lowest BCUT2D eigenvalue weighted by Crippen LogP contribution is -2.43. The van der Waals surface area contributed by atoms with Gasteiger partial charge in [0.25, 0.3) is 17.1 Å². The fourth-order valence-corrected chi connectivity index (χ4v) is 4.02. The number of carbonyl (C=O) groups is 1. The van der Waals surface area contributed by atoms with Gasteiger partial charge in [-0.3, -0.25) is 19.0 Å². The monoisotopic (exact) mass is 471 g/mol. The number of pyridine rings is 3. The van der Waals surface area contributed by atoms with E-state index in [1.807, 2.05) is 24.3 Å². The summed E-state index contributed by atoms with van der Waals surface area (Å²) in [5, 5.41) is 3.67. The fraction of sp³-hybridized carbons (Fsp3) is 0.0800. The van der Waals surface area contributed by atoms with Gasteiger partial charge >= 0.3 is 0 Å². The third-order valence-electron chi connectivity index (χ3n) is 5.57. The number of rotatable bonds is 5. The Morgan fingerprint density at radius 3 is 2.74 bits per heavy atom. The van der Waals surface area contributed by atoms with E-state index >= 15 is 0 Å². The molecule has 0 unspecified atom stereocenters. The van der Waals surface area contributed by atoms with Crippen LogP contribution in [0.5, 0.6) is 0 Å². The molecule has 0 fully saturated rings. The quantitative estimate of drug-likeness (QED) is 0.303. The average molecular weight is 472 g/mol. The number of nitrogen functional groups attached to an aromatic ring is 1. The van der Waals surface area contributed by atoms with Crippen LogP contribution in [0.1, 0.15) is 21.5 Å². The van der Waals surface area contributed by atoms with E-state index in [-0.39, 0.29) is 35.4 Å². The van der Waals surface area contributed by atoms with Gasteiger partial charge in [0.05, 0.1) is 6.54 Å². The van der Waals surface area contributed by atoms with Crippen LogP contribution in [0.25, 0.3) is 16.7 Å². The van der Waals surface area contributed by atoms with E-state index in [0.29, 0.717) is 16.3 Å². The van der Waals surface area contributed by atoms with Crippen molar-refractivity contribution in [3.05, 3.63) is 111 Å². The van der Waals surface area contributed by atoms with E-state index in [9.17, 15) is 9.59 Å². The van der Waals surface area contributed by atoms with Gasteiger partial charge in [-0.1, -0.05) is 46.9 Å². The van der Waals surface area contributed by atoms with Gasteiger partial charge in [-0.2, -0.15) is 0 Å². The number of hydrogen-bond acceptors (Lipinski definition) is 5. The van der Waals surface area contributed by atoms with Crippen LogP contribution in [0, 0.1) is 0 Å². The molecule has 4 heterocycles. The number of benzene rings is 1. The van der Waals surface area contributed by atoms with Crippen LogP contribution in [0.3, 0.4) is 0 Å². The molecular weight excluding hydrogens is 452 g/mol. The van der Waals surface area contributed by atoms with E-state index in [0.717, 1.165) is 11.1 Å². The van der Waals surface area contributed by atoms with Crippen LogP contribution in [0.15, 0.2) is 84.0 Å². The van der Waals surface area contributed by atoms with E-state index < -0.39 is 5.91 Å². The van der Waals surface area contributed by atoms with Gasteiger partial charge in [-0.15, -0.1) is 0 Å². The number of nitrogens with two attached hydrogens (primary N) is 1. The van der Waals surface area contributed by atoms with Gasteiger partial charge in [0.15, 0.2) is 0 Å². The third-order valence-corrected chi connectivity index (χ3v) is 5.94. The molecule has 8 nitrogen and oxygen atoms in total. The molecule has 34 heavy (non-hydrogen) atoms. The first-order chi connectivity index (χ1) is 16.5. The molecule has 0 radical (unpaired) electrons. The van der Waals surface area contributed by atoms with Crippen molar-refractivity contribution in [2.24, 2.45) is 0 Å². The number of amides is 1. The summed E-state index contributed by atoms with van der Waals surface area (Å²) in [6.45, 7) is 0.505. The van der Waals surface area contributed by atoms with Crippen molar-refractivity contribution in [1.29, 1.82) is 0 Å². The molecule has 0 aliphatic rings. The highest BCUT2D eigenvalue weighted by Gasteiger charge is 2.25. The zero-order valence-electron chi connectivity index (χ0n) is 18.0. The Labute approximate surface area is 199 Å². The highest BCUT2D eigenvalue weighted by atomic mass is 35.5. The lowest BCUT2D eigenvalue weighted by atomic mass is 10.1. The van der Waals surface area contributed by atoms with Gasteiger partial charge < -0.3 is 11.1 Å². The van der Waals surface area contributed by atoms with Crippen molar-refractivity contribution in [3.63, 3.8) is 0 Å². The highest BCUT2D eigenvalue weighted by Crippen LogP contribution is 2.19. The molecule has 0 bridgehead atoms. The predicted octanol–water partition coefficient (Wildman–Crippen LogP) is 2.74. The number of hydrogen-bond donors (Lipinski definition) is 2. The van der Waals surface area contributed by atoms with Crippen LogP contribution in [0.2, 0.25) is 5.02 Å². The molecule has 5 aromatic rings. The predicted molar refractivity (Wildman–Crippen MR) is 130 cm³/mol. The highest BCUT2D eigenvalue weighted by molar-refractivity contribution is 6.31. The van der Waals surface area contributed by atoms with Gasteiger partial charge in [-0.05, 0) is 35.9 Å². The zero-order valence-corrected chi connectivity index (χ0v) is 18.7. The Balaban J connectivity index is 1.68. The molecule has 0 spiro atoms. The SMILES string of the molecule is Nc1c(C(=O)NCc2cccnc2)cc2c(=O)n3ccccc3nc2[n+]1Cc1ccccc1Cl. The summed E-state index contributed by atoms with van der Waals surface area (Å²) >= 11 is 6.40. The number of nitrogens with one attached hydrogen (secondary N) is 1. The van der Waals surface area contributed by atoms with E-state index in [1.54, 1.807) is 53.5 Å². The van der Waals surface area contributed by atoms with Crippen molar-refractivity contribution in [3.8, 4) is 0 Å². The average Bonchev–Trinajstić information content (AvgIpc) is 2.86. The maximum Gasteiger partial charge on any atom is 0.278 e. The summed E-state index contributed by atoms with van der Waals surface area (Å²) in [6.07, 6.45) is 4.97. The summed E-state index contributed by atoms with van der Waals surface area (Å²) in [6, 6.07) is 17.8. The second-order valence-corrected chi connectivity index (χ2v) is 8.16. The Morgan fingerprint density at radius 1 is 1.12 bits per heavy atom. The third kappa shape index (κ3) is 3.95. The maximum atomic E-state index is 13.3.